The van der Waals surface area contributed by atoms with Crippen LogP contribution in [0.1, 0.15) is 13.3 Å². The summed E-state index contributed by atoms with van der Waals surface area (Å²) in [6.45, 7) is 3.03. The van der Waals surface area contributed by atoms with E-state index in [9.17, 15) is 9.59 Å². The van der Waals surface area contributed by atoms with Gasteiger partial charge in [0.25, 0.3) is 0 Å². The van der Waals surface area contributed by atoms with Crippen molar-refractivity contribution >= 4 is 12.0 Å². The van der Waals surface area contributed by atoms with Gasteiger partial charge in [0, 0.05) is 19.5 Å². The summed E-state index contributed by atoms with van der Waals surface area (Å²) >= 11 is 0. The highest BCUT2D eigenvalue weighted by Crippen LogP contribution is 2.09. The van der Waals surface area contributed by atoms with Gasteiger partial charge in [-0.25, -0.2) is 4.79 Å². The first-order chi connectivity index (χ1) is 5.63. The molecule has 1 saturated heterocycles. The Kier molecular flexibility index (Phi) is 2.52. The van der Waals surface area contributed by atoms with Crippen molar-refractivity contribution in [3.8, 4) is 0 Å². The third kappa shape index (κ3) is 1.87. The Morgan fingerprint density at radius 1 is 1.83 bits per heavy atom. The lowest BCUT2D eigenvalue weighted by molar-refractivity contribution is -0.127. The minimum Gasteiger partial charge on any atom is -0.465 e. The highest BCUT2D eigenvalue weighted by Gasteiger charge is 2.28. The van der Waals surface area contributed by atoms with Gasteiger partial charge in [-0.05, 0) is 6.92 Å². The van der Waals surface area contributed by atoms with Crippen LogP contribution in [0.15, 0.2) is 0 Å². The SMILES string of the molecule is CCN1C[C@@H](NC(=O)O)CC1=O. The average Bonchev–Trinajstić information content (AvgIpc) is 2.29. The van der Waals surface area contributed by atoms with E-state index in [4.69, 9.17) is 5.11 Å². The van der Waals surface area contributed by atoms with Gasteiger partial charge in [-0.2, -0.15) is 0 Å². The highest BCUT2D eigenvalue weighted by atomic mass is 16.4. The molecule has 1 heterocycles. The Morgan fingerprint density at radius 3 is 2.92 bits per heavy atom. The van der Waals surface area contributed by atoms with Crippen LogP contribution in [0, 0.1) is 0 Å². The van der Waals surface area contributed by atoms with Crippen molar-refractivity contribution in [2.45, 2.75) is 19.4 Å². The number of likely N-dealkylation sites (tertiary alicyclic amines) is 1. The van der Waals surface area contributed by atoms with Gasteiger partial charge in [0.2, 0.25) is 5.91 Å². The third-order valence-electron chi connectivity index (χ3n) is 1.92. The third-order valence-corrected chi connectivity index (χ3v) is 1.92. The van der Waals surface area contributed by atoms with E-state index >= 15 is 0 Å². The number of carbonyl (C=O) groups is 2. The van der Waals surface area contributed by atoms with Gasteiger partial charge in [0.1, 0.15) is 0 Å². The number of carboxylic acid groups (broad SMARTS) is 1. The maximum absolute atomic E-state index is 11.1. The molecule has 1 aliphatic rings. The zero-order valence-electron chi connectivity index (χ0n) is 6.91. The molecule has 0 bridgehead atoms. The van der Waals surface area contributed by atoms with E-state index in [-0.39, 0.29) is 11.9 Å². The Bertz CT molecular complexity index is 205. The van der Waals surface area contributed by atoms with E-state index in [1.54, 1.807) is 4.90 Å². The number of rotatable bonds is 2. The maximum Gasteiger partial charge on any atom is 0.404 e. The lowest BCUT2D eigenvalue weighted by Gasteiger charge is -2.12. The van der Waals surface area contributed by atoms with Crippen LogP contribution in [-0.4, -0.2) is 41.1 Å². The van der Waals surface area contributed by atoms with Crippen LogP contribution in [0.2, 0.25) is 0 Å². The fraction of sp³-hybridized carbons (Fsp3) is 0.714. The molecule has 0 aromatic rings. The predicted molar refractivity (Wildman–Crippen MR) is 41.8 cm³/mol. The predicted octanol–water partition coefficient (Wildman–Crippen LogP) is -0.125. The summed E-state index contributed by atoms with van der Waals surface area (Å²) in [6, 6.07) is -0.227. The van der Waals surface area contributed by atoms with Gasteiger partial charge in [0.05, 0.1) is 6.04 Å². The van der Waals surface area contributed by atoms with Crippen LogP contribution < -0.4 is 5.32 Å². The topological polar surface area (TPSA) is 69.6 Å². The Balaban J connectivity index is 2.43. The van der Waals surface area contributed by atoms with Crippen molar-refractivity contribution in [2.75, 3.05) is 13.1 Å². The number of amides is 2. The summed E-state index contributed by atoms with van der Waals surface area (Å²) in [5, 5.41) is 10.7. The van der Waals surface area contributed by atoms with Crippen LogP contribution in [-0.2, 0) is 4.79 Å². The number of likely N-dealkylation sites (N-methyl/N-ethyl adjacent to an activating group) is 1. The van der Waals surface area contributed by atoms with Gasteiger partial charge < -0.3 is 15.3 Å². The molecule has 0 unspecified atom stereocenters. The van der Waals surface area contributed by atoms with Gasteiger partial charge in [-0.3, -0.25) is 4.79 Å². The lowest BCUT2D eigenvalue weighted by Crippen LogP contribution is -2.36. The van der Waals surface area contributed by atoms with Crippen molar-refractivity contribution in [3.05, 3.63) is 0 Å². The molecule has 2 amide bonds. The Hall–Kier alpha value is -1.26. The molecule has 1 rings (SSSR count). The number of hydrogen-bond donors (Lipinski definition) is 2. The molecule has 1 atom stereocenters. The van der Waals surface area contributed by atoms with Crippen molar-refractivity contribution in [1.82, 2.24) is 10.2 Å². The van der Waals surface area contributed by atoms with E-state index in [0.717, 1.165) is 0 Å². The monoisotopic (exact) mass is 172 g/mol. The molecule has 5 nitrogen and oxygen atoms in total. The first-order valence-corrected chi connectivity index (χ1v) is 3.90. The number of nitrogens with zero attached hydrogens (tertiary/aromatic N) is 1. The number of carbonyl (C=O) groups excluding carboxylic acids is 1. The summed E-state index contributed by atoms with van der Waals surface area (Å²) in [5.74, 6) is 0.0243. The Morgan fingerprint density at radius 2 is 2.50 bits per heavy atom. The molecular weight excluding hydrogens is 160 g/mol. The zero-order valence-corrected chi connectivity index (χ0v) is 6.91. The average molecular weight is 172 g/mol. The summed E-state index contributed by atoms with van der Waals surface area (Å²) in [5.41, 5.74) is 0. The van der Waals surface area contributed by atoms with Crippen molar-refractivity contribution in [1.29, 1.82) is 0 Å². The van der Waals surface area contributed by atoms with E-state index < -0.39 is 6.09 Å². The minimum atomic E-state index is -1.06. The standard InChI is InChI=1S/C7H12N2O3/c1-2-9-4-5(3-6(9)10)8-7(11)12/h5,8H,2-4H2,1H3,(H,11,12)/t5-/m0/s1. The summed E-state index contributed by atoms with van der Waals surface area (Å²) in [4.78, 5) is 22.9. The zero-order chi connectivity index (χ0) is 9.14. The molecular formula is C7H12N2O3. The fourth-order valence-corrected chi connectivity index (χ4v) is 1.35. The number of hydrogen-bond acceptors (Lipinski definition) is 2. The molecule has 68 valence electrons. The first kappa shape index (κ1) is 8.83. The van der Waals surface area contributed by atoms with Crippen LogP contribution >= 0.6 is 0 Å². The van der Waals surface area contributed by atoms with Crippen LogP contribution in [0.4, 0.5) is 4.79 Å². The second-order valence-corrected chi connectivity index (χ2v) is 2.78. The molecule has 1 fully saturated rings. The fourth-order valence-electron chi connectivity index (χ4n) is 1.35. The van der Waals surface area contributed by atoms with Crippen LogP contribution in [0.5, 0.6) is 0 Å². The van der Waals surface area contributed by atoms with Crippen LogP contribution in [0.25, 0.3) is 0 Å². The molecule has 0 aliphatic carbocycles. The smallest absolute Gasteiger partial charge is 0.404 e. The van der Waals surface area contributed by atoms with E-state index in [1.165, 1.54) is 0 Å². The maximum atomic E-state index is 11.1. The molecule has 0 saturated carbocycles. The molecule has 2 N–H and O–H groups in total. The molecule has 0 radical (unpaired) electrons. The second kappa shape index (κ2) is 3.42. The quantitative estimate of drug-likeness (QED) is 0.609. The molecule has 1 aliphatic heterocycles. The van der Waals surface area contributed by atoms with Gasteiger partial charge >= 0.3 is 6.09 Å². The number of nitrogens with one attached hydrogen (secondary N) is 1. The Labute approximate surface area is 70.4 Å². The molecule has 5 heteroatoms. The van der Waals surface area contributed by atoms with E-state index in [1.807, 2.05) is 6.92 Å². The summed E-state index contributed by atoms with van der Waals surface area (Å²) < 4.78 is 0. The van der Waals surface area contributed by atoms with Crippen molar-refractivity contribution in [3.63, 3.8) is 0 Å². The van der Waals surface area contributed by atoms with E-state index in [2.05, 4.69) is 5.32 Å². The first-order valence-electron chi connectivity index (χ1n) is 3.90. The van der Waals surface area contributed by atoms with Crippen molar-refractivity contribution in [2.24, 2.45) is 0 Å². The molecule has 0 aromatic heterocycles. The van der Waals surface area contributed by atoms with Crippen molar-refractivity contribution < 1.29 is 14.7 Å². The normalized spacial score (nSPS) is 22.9. The largest absolute Gasteiger partial charge is 0.465 e. The van der Waals surface area contributed by atoms with Crippen LogP contribution in [0.3, 0.4) is 0 Å². The molecule has 12 heavy (non-hydrogen) atoms. The van der Waals surface area contributed by atoms with Gasteiger partial charge in [0.15, 0.2) is 0 Å². The highest BCUT2D eigenvalue weighted by molar-refractivity contribution is 5.80. The summed E-state index contributed by atoms with van der Waals surface area (Å²) in [6.07, 6.45) is -0.772. The molecule has 0 aromatic carbocycles. The minimum absolute atomic E-state index is 0.0243. The summed E-state index contributed by atoms with van der Waals surface area (Å²) in [7, 11) is 0. The van der Waals surface area contributed by atoms with E-state index in [0.29, 0.717) is 19.5 Å². The van der Waals surface area contributed by atoms with Gasteiger partial charge in [-0.15, -0.1) is 0 Å². The van der Waals surface area contributed by atoms with Gasteiger partial charge in [-0.1, -0.05) is 0 Å². The lowest BCUT2D eigenvalue weighted by atomic mass is 10.3. The second-order valence-electron chi connectivity index (χ2n) is 2.78. The molecule has 0 spiro atoms.